The summed E-state index contributed by atoms with van der Waals surface area (Å²) in [4.78, 5) is 10.1. The van der Waals surface area contributed by atoms with Gasteiger partial charge in [0.05, 0.1) is 4.92 Å². The maximum Gasteiger partial charge on any atom is 0.339 e. The zero-order chi connectivity index (χ0) is 14.8. The van der Waals surface area contributed by atoms with Crippen LogP contribution in [-0.4, -0.2) is 13.3 Å². The Morgan fingerprint density at radius 2 is 1.65 bits per heavy atom. The van der Waals surface area contributed by atoms with Crippen LogP contribution in [0, 0.1) is 17.0 Å². The lowest BCUT2D eigenvalue weighted by molar-refractivity contribution is -0.385. The molecule has 0 radical (unpaired) electrons. The van der Waals surface area contributed by atoms with Crippen molar-refractivity contribution in [3.8, 4) is 5.75 Å². The zero-order valence-electron chi connectivity index (χ0n) is 10.5. The summed E-state index contributed by atoms with van der Waals surface area (Å²) in [6, 6.07) is 11.6. The summed E-state index contributed by atoms with van der Waals surface area (Å²) in [7, 11) is -4.10. The van der Waals surface area contributed by atoms with E-state index < -0.39 is 20.7 Å². The number of benzene rings is 2. The van der Waals surface area contributed by atoms with E-state index in [1.54, 1.807) is 25.1 Å². The summed E-state index contributed by atoms with van der Waals surface area (Å²) < 4.78 is 29.2. The van der Waals surface area contributed by atoms with Crippen molar-refractivity contribution in [2.45, 2.75) is 11.8 Å². The molecular formula is C13H11NO5S. The van der Waals surface area contributed by atoms with Crippen LogP contribution in [0.3, 0.4) is 0 Å². The first-order valence-corrected chi connectivity index (χ1v) is 7.06. The first-order valence-electron chi connectivity index (χ1n) is 5.65. The molecule has 0 aliphatic heterocycles. The second kappa shape index (κ2) is 5.30. The van der Waals surface area contributed by atoms with E-state index in [9.17, 15) is 18.5 Å². The van der Waals surface area contributed by atoms with Crippen molar-refractivity contribution in [2.75, 3.05) is 0 Å². The number of nitrogens with zero attached hydrogens (tertiary/aromatic N) is 1. The highest BCUT2D eigenvalue weighted by Gasteiger charge is 2.23. The van der Waals surface area contributed by atoms with Crippen LogP contribution in [0.25, 0.3) is 0 Å². The Balaban J connectivity index is 2.45. The highest BCUT2D eigenvalue weighted by Crippen LogP contribution is 2.29. The number of hydrogen-bond acceptors (Lipinski definition) is 5. The predicted octanol–water partition coefficient (Wildman–Crippen LogP) is 2.67. The average molecular weight is 293 g/mol. The molecule has 0 aromatic heterocycles. The summed E-state index contributed by atoms with van der Waals surface area (Å²) in [5.74, 6) is -0.305. The minimum Gasteiger partial charge on any atom is -0.372 e. The van der Waals surface area contributed by atoms with E-state index in [-0.39, 0.29) is 10.6 Å². The first kappa shape index (κ1) is 14.0. The van der Waals surface area contributed by atoms with E-state index in [0.29, 0.717) is 5.56 Å². The first-order chi connectivity index (χ1) is 9.42. The zero-order valence-corrected chi connectivity index (χ0v) is 11.3. The van der Waals surface area contributed by atoms with Crippen molar-refractivity contribution < 1.29 is 17.5 Å². The maximum absolute atomic E-state index is 12.2. The van der Waals surface area contributed by atoms with Gasteiger partial charge in [0.2, 0.25) is 5.75 Å². The van der Waals surface area contributed by atoms with Crippen LogP contribution in [0.1, 0.15) is 5.56 Å². The Kier molecular flexibility index (Phi) is 3.71. The molecule has 0 bridgehead atoms. The van der Waals surface area contributed by atoms with Crippen LogP contribution in [0.15, 0.2) is 53.4 Å². The number of para-hydroxylation sites is 2. The number of hydrogen-bond donors (Lipinski definition) is 0. The van der Waals surface area contributed by atoms with Crippen molar-refractivity contribution in [3.05, 3.63) is 64.2 Å². The van der Waals surface area contributed by atoms with Crippen LogP contribution in [0.4, 0.5) is 5.69 Å². The van der Waals surface area contributed by atoms with Gasteiger partial charge in [-0.15, -0.1) is 0 Å². The van der Waals surface area contributed by atoms with Crippen LogP contribution >= 0.6 is 0 Å². The minimum absolute atomic E-state index is 0.0156. The Morgan fingerprint density at radius 1 is 1.05 bits per heavy atom. The van der Waals surface area contributed by atoms with Crippen molar-refractivity contribution >= 4 is 15.8 Å². The third-order valence-corrected chi connectivity index (χ3v) is 4.02. The molecule has 6 nitrogen and oxygen atoms in total. The fourth-order valence-electron chi connectivity index (χ4n) is 1.68. The molecule has 7 heteroatoms. The SMILES string of the molecule is Cc1ccccc1S(=O)(=O)Oc1ccccc1[N+](=O)[O-]. The number of nitro benzene ring substituents is 1. The van der Waals surface area contributed by atoms with Gasteiger partial charge in [-0.25, -0.2) is 0 Å². The third kappa shape index (κ3) is 2.77. The lowest BCUT2D eigenvalue weighted by atomic mass is 10.2. The van der Waals surface area contributed by atoms with Gasteiger partial charge >= 0.3 is 15.8 Å². The van der Waals surface area contributed by atoms with Gasteiger partial charge in [-0.1, -0.05) is 30.3 Å². The predicted molar refractivity (Wildman–Crippen MR) is 72.1 cm³/mol. The Hall–Kier alpha value is -2.41. The van der Waals surface area contributed by atoms with Gasteiger partial charge in [0, 0.05) is 6.07 Å². The standard InChI is InChI=1S/C13H11NO5S/c1-10-6-2-5-9-13(10)20(17,18)19-12-8-4-3-7-11(12)14(15)16/h2-9H,1H3. The average Bonchev–Trinajstić information content (AvgIpc) is 2.39. The van der Waals surface area contributed by atoms with Crippen molar-refractivity contribution in [3.63, 3.8) is 0 Å². The molecule has 2 rings (SSSR count). The summed E-state index contributed by atoms with van der Waals surface area (Å²) in [6.07, 6.45) is 0. The monoisotopic (exact) mass is 293 g/mol. The molecule has 0 spiro atoms. The molecule has 0 atom stereocenters. The topological polar surface area (TPSA) is 86.5 Å². The lowest BCUT2D eigenvalue weighted by Crippen LogP contribution is -2.12. The number of aryl methyl sites for hydroxylation is 1. The largest absolute Gasteiger partial charge is 0.372 e. The smallest absolute Gasteiger partial charge is 0.339 e. The quantitative estimate of drug-likeness (QED) is 0.491. The van der Waals surface area contributed by atoms with Gasteiger partial charge in [0.25, 0.3) is 0 Å². The van der Waals surface area contributed by atoms with E-state index in [2.05, 4.69) is 0 Å². The Bertz CT molecular complexity index is 755. The Morgan fingerprint density at radius 3 is 2.30 bits per heavy atom. The summed E-state index contributed by atoms with van der Waals surface area (Å²) in [5, 5.41) is 10.8. The second-order valence-corrected chi connectivity index (χ2v) is 5.54. The normalized spacial score (nSPS) is 11.1. The number of nitro groups is 1. The molecular weight excluding hydrogens is 282 g/mol. The van der Waals surface area contributed by atoms with E-state index in [1.807, 2.05) is 0 Å². The molecule has 0 aliphatic carbocycles. The Labute approximate surface area is 115 Å². The fourth-order valence-corrected chi connectivity index (χ4v) is 2.85. The summed E-state index contributed by atoms with van der Waals surface area (Å²) in [6.45, 7) is 1.62. The van der Waals surface area contributed by atoms with Crippen molar-refractivity contribution in [1.29, 1.82) is 0 Å². The molecule has 0 amide bonds. The molecule has 2 aromatic carbocycles. The van der Waals surface area contributed by atoms with Gasteiger partial charge in [-0.3, -0.25) is 10.1 Å². The summed E-state index contributed by atoms with van der Waals surface area (Å²) in [5.41, 5.74) is 0.107. The van der Waals surface area contributed by atoms with Gasteiger partial charge in [0.15, 0.2) is 0 Å². The lowest BCUT2D eigenvalue weighted by Gasteiger charge is -2.09. The fraction of sp³-hybridized carbons (Fsp3) is 0.0769. The van der Waals surface area contributed by atoms with Gasteiger partial charge in [0.1, 0.15) is 4.90 Å². The highest BCUT2D eigenvalue weighted by atomic mass is 32.2. The van der Waals surface area contributed by atoms with Crippen LogP contribution in [-0.2, 0) is 10.1 Å². The van der Waals surface area contributed by atoms with Crippen molar-refractivity contribution in [2.24, 2.45) is 0 Å². The third-order valence-electron chi connectivity index (χ3n) is 2.62. The summed E-state index contributed by atoms with van der Waals surface area (Å²) >= 11 is 0. The highest BCUT2D eigenvalue weighted by molar-refractivity contribution is 7.87. The van der Waals surface area contributed by atoms with E-state index in [4.69, 9.17) is 4.18 Å². The second-order valence-electron chi connectivity index (χ2n) is 4.03. The van der Waals surface area contributed by atoms with Gasteiger partial charge in [-0.05, 0) is 24.6 Å². The molecule has 2 aromatic rings. The van der Waals surface area contributed by atoms with Gasteiger partial charge in [-0.2, -0.15) is 8.42 Å². The molecule has 0 aliphatic rings. The van der Waals surface area contributed by atoms with Gasteiger partial charge < -0.3 is 4.18 Å². The van der Waals surface area contributed by atoms with Crippen molar-refractivity contribution in [1.82, 2.24) is 0 Å². The van der Waals surface area contributed by atoms with Crippen LogP contribution < -0.4 is 4.18 Å². The molecule has 0 N–H and O–H groups in total. The van der Waals surface area contributed by atoms with Crippen LogP contribution in [0.2, 0.25) is 0 Å². The molecule has 0 fully saturated rings. The molecule has 0 unspecified atom stereocenters. The van der Waals surface area contributed by atoms with E-state index in [1.165, 1.54) is 30.3 Å². The van der Waals surface area contributed by atoms with E-state index >= 15 is 0 Å². The molecule has 0 saturated heterocycles. The molecule has 104 valence electrons. The molecule has 20 heavy (non-hydrogen) atoms. The minimum atomic E-state index is -4.10. The molecule has 0 saturated carbocycles. The van der Waals surface area contributed by atoms with Crippen LogP contribution in [0.5, 0.6) is 5.75 Å². The number of rotatable bonds is 4. The maximum atomic E-state index is 12.2. The molecule has 0 heterocycles. The van der Waals surface area contributed by atoms with E-state index in [0.717, 1.165) is 0 Å².